The fourth-order valence-electron chi connectivity index (χ4n) is 1.07. The van der Waals surface area contributed by atoms with Crippen LogP contribution in [0.1, 0.15) is 5.56 Å². The van der Waals surface area contributed by atoms with E-state index in [9.17, 15) is 4.79 Å². The summed E-state index contributed by atoms with van der Waals surface area (Å²) in [5.74, 6) is -0.163. The quantitative estimate of drug-likeness (QED) is 0.550. The highest BCUT2D eigenvalue weighted by atomic mass is 16.1. The molecule has 0 spiro atoms. The van der Waals surface area contributed by atoms with Crippen LogP contribution in [0.2, 0.25) is 0 Å². The van der Waals surface area contributed by atoms with Crippen LogP contribution in [0, 0.1) is 0 Å². The van der Waals surface area contributed by atoms with Crippen LogP contribution in [0.5, 0.6) is 0 Å². The van der Waals surface area contributed by atoms with E-state index in [1.165, 1.54) is 0 Å². The number of hydrogen-bond donors (Lipinski definition) is 0. The van der Waals surface area contributed by atoms with Crippen molar-refractivity contribution in [2.45, 2.75) is 6.42 Å². The maximum absolute atomic E-state index is 10.8. The molecule has 54 valence electrons. The zero-order chi connectivity index (χ0) is 7.68. The highest BCUT2D eigenvalue weighted by Gasteiger charge is 2.10. The first-order valence-electron chi connectivity index (χ1n) is 3.39. The minimum Gasteiger partial charge on any atom is -0.271 e. The third kappa shape index (κ3) is 1.05. The molecule has 0 fully saturated rings. The van der Waals surface area contributed by atoms with Crippen molar-refractivity contribution in [2.75, 3.05) is 0 Å². The highest BCUT2D eigenvalue weighted by molar-refractivity contribution is 5.82. The Hall–Kier alpha value is -1.51. The normalized spacial score (nSPS) is 14.7. The molecule has 0 bridgehead atoms. The Morgan fingerprint density at radius 3 is 2.91 bits per heavy atom. The molecule has 0 unspecified atom stereocenters. The Kier molecular flexibility index (Phi) is 1.28. The number of rotatable bonds is 0. The van der Waals surface area contributed by atoms with Crippen LogP contribution in [-0.2, 0) is 11.2 Å². The predicted molar refractivity (Wildman–Crippen MR) is 39.7 cm³/mol. The van der Waals surface area contributed by atoms with Crippen molar-refractivity contribution in [1.29, 1.82) is 0 Å². The van der Waals surface area contributed by atoms with E-state index in [0.29, 0.717) is 6.42 Å². The lowest BCUT2D eigenvalue weighted by Crippen LogP contribution is -2.01. The average Bonchev–Trinajstić information content (AvgIpc) is 2.04. The third-order valence-corrected chi connectivity index (χ3v) is 1.60. The summed E-state index contributed by atoms with van der Waals surface area (Å²) in [5, 5.41) is 7.21. The Labute approximate surface area is 63.8 Å². The fraction of sp³-hybridized carbons (Fsp3) is 0.125. The van der Waals surface area contributed by atoms with Crippen LogP contribution in [-0.4, -0.2) is 5.91 Å². The van der Waals surface area contributed by atoms with Gasteiger partial charge >= 0.3 is 0 Å². The van der Waals surface area contributed by atoms with Crippen LogP contribution in [0.3, 0.4) is 0 Å². The zero-order valence-electron chi connectivity index (χ0n) is 5.82. The molecule has 0 radical (unpaired) electrons. The van der Waals surface area contributed by atoms with Gasteiger partial charge in [-0.1, -0.05) is 18.2 Å². The van der Waals surface area contributed by atoms with Gasteiger partial charge in [0.1, 0.15) is 0 Å². The summed E-state index contributed by atoms with van der Waals surface area (Å²) in [7, 11) is 0. The van der Waals surface area contributed by atoms with Crippen molar-refractivity contribution in [3.8, 4) is 0 Å². The summed E-state index contributed by atoms with van der Waals surface area (Å²) < 4.78 is 0. The first-order valence-corrected chi connectivity index (χ1v) is 3.39. The number of carbonyl (C=O) groups is 1. The molecule has 1 heterocycles. The first kappa shape index (κ1) is 6.22. The van der Waals surface area contributed by atoms with Crippen molar-refractivity contribution in [3.63, 3.8) is 0 Å². The van der Waals surface area contributed by atoms with Gasteiger partial charge in [0, 0.05) is 0 Å². The highest BCUT2D eigenvalue weighted by Crippen LogP contribution is 2.23. The van der Waals surface area contributed by atoms with E-state index in [-0.39, 0.29) is 5.91 Å². The molecule has 0 atom stereocenters. The second kappa shape index (κ2) is 2.27. The van der Waals surface area contributed by atoms with Crippen molar-refractivity contribution < 1.29 is 4.79 Å². The van der Waals surface area contributed by atoms with Gasteiger partial charge in [0.25, 0.3) is 5.91 Å². The molecule has 0 aromatic heterocycles. The Morgan fingerprint density at radius 1 is 1.18 bits per heavy atom. The topological polar surface area (TPSA) is 41.8 Å². The van der Waals surface area contributed by atoms with E-state index >= 15 is 0 Å². The van der Waals surface area contributed by atoms with Gasteiger partial charge in [-0.2, -0.15) is 0 Å². The average molecular weight is 146 g/mol. The van der Waals surface area contributed by atoms with Crippen molar-refractivity contribution >= 4 is 11.6 Å². The number of azo groups is 1. The molecule has 2 rings (SSSR count). The molecule has 0 N–H and O–H groups in total. The molecule has 1 amide bonds. The summed E-state index contributed by atoms with van der Waals surface area (Å²) >= 11 is 0. The zero-order valence-corrected chi connectivity index (χ0v) is 5.82. The number of amides is 1. The lowest BCUT2D eigenvalue weighted by Gasteiger charge is -2.04. The largest absolute Gasteiger partial charge is 0.271 e. The van der Waals surface area contributed by atoms with Crippen LogP contribution in [0.25, 0.3) is 0 Å². The van der Waals surface area contributed by atoms with Gasteiger partial charge in [-0.25, -0.2) is 0 Å². The van der Waals surface area contributed by atoms with E-state index in [2.05, 4.69) is 10.2 Å². The van der Waals surface area contributed by atoms with E-state index in [4.69, 9.17) is 0 Å². The Balaban J connectivity index is 2.54. The standard InChI is InChI=1S/C8H6N2O/c11-8-5-6-3-1-2-4-7(6)9-10-8/h1-4H,5H2. The summed E-state index contributed by atoms with van der Waals surface area (Å²) in [6.45, 7) is 0. The van der Waals surface area contributed by atoms with Gasteiger partial charge in [0.15, 0.2) is 0 Å². The van der Waals surface area contributed by atoms with Crippen LogP contribution < -0.4 is 0 Å². The molecule has 11 heavy (non-hydrogen) atoms. The molecule has 1 aliphatic rings. The smallest absolute Gasteiger partial charge is 0.269 e. The minimum atomic E-state index is -0.163. The Bertz CT molecular complexity index is 331. The molecule has 1 aromatic rings. The molecule has 0 saturated carbocycles. The second-order valence-electron chi connectivity index (χ2n) is 2.40. The van der Waals surface area contributed by atoms with Gasteiger partial charge in [0.05, 0.1) is 12.1 Å². The minimum absolute atomic E-state index is 0.163. The molecule has 1 aliphatic heterocycles. The van der Waals surface area contributed by atoms with E-state index in [0.717, 1.165) is 11.3 Å². The van der Waals surface area contributed by atoms with Gasteiger partial charge in [-0.15, -0.1) is 10.2 Å². The van der Waals surface area contributed by atoms with E-state index < -0.39 is 0 Å². The number of benzene rings is 1. The van der Waals surface area contributed by atoms with Gasteiger partial charge < -0.3 is 0 Å². The molecule has 3 heteroatoms. The molecular weight excluding hydrogens is 140 g/mol. The summed E-state index contributed by atoms with van der Waals surface area (Å²) in [4.78, 5) is 10.8. The Morgan fingerprint density at radius 2 is 2.00 bits per heavy atom. The van der Waals surface area contributed by atoms with E-state index in [1.54, 1.807) is 0 Å². The van der Waals surface area contributed by atoms with Crippen LogP contribution in [0.4, 0.5) is 5.69 Å². The van der Waals surface area contributed by atoms with Crippen molar-refractivity contribution in [3.05, 3.63) is 29.8 Å². The number of carbonyl (C=O) groups excluding carboxylic acids is 1. The van der Waals surface area contributed by atoms with E-state index in [1.807, 2.05) is 24.3 Å². The summed E-state index contributed by atoms with van der Waals surface area (Å²) in [6.07, 6.45) is 0.389. The molecular formula is C8H6N2O. The molecule has 0 saturated heterocycles. The van der Waals surface area contributed by atoms with Crippen LogP contribution >= 0.6 is 0 Å². The number of nitrogens with zero attached hydrogens (tertiary/aromatic N) is 2. The SMILES string of the molecule is O=C1Cc2ccccc2N=N1. The van der Waals surface area contributed by atoms with Gasteiger partial charge in [0.2, 0.25) is 0 Å². The lowest BCUT2D eigenvalue weighted by atomic mass is 10.1. The number of fused-ring (bicyclic) bond motifs is 1. The maximum atomic E-state index is 10.8. The van der Waals surface area contributed by atoms with Crippen molar-refractivity contribution in [1.82, 2.24) is 0 Å². The maximum Gasteiger partial charge on any atom is 0.269 e. The van der Waals surface area contributed by atoms with Crippen LogP contribution in [0.15, 0.2) is 34.5 Å². The predicted octanol–water partition coefficient (Wildman–Crippen LogP) is 1.85. The summed E-state index contributed by atoms with van der Waals surface area (Å²) in [5.41, 5.74) is 1.78. The second-order valence-corrected chi connectivity index (χ2v) is 2.40. The fourth-order valence-corrected chi connectivity index (χ4v) is 1.07. The van der Waals surface area contributed by atoms with Crippen molar-refractivity contribution in [2.24, 2.45) is 10.2 Å². The number of hydrogen-bond acceptors (Lipinski definition) is 2. The molecule has 3 nitrogen and oxygen atoms in total. The molecule has 0 aliphatic carbocycles. The third-order valence-electron chi connectivity index (χ3n) is 1.60. The molecule has 1 aromatic carbocycles. The summed E-state index contributed by atoms with van der Waals surface area (Å²) in [6, 6.07) is 7.53. The van der Waals surface area contributed by atoms with Gasteiger partial charge in [-0.05, 0) is 11.6 Å². The first-order chi connectivity index (χ1) is 5.36. The van der Waals surface area contributed by atoms with Gasteiger partial charge in [-0.3, -0.25) is 4.79 Å². The monoisotopic (exact) mass is 146 g/mol. The lowest BCUT2D eigenvalue weighted by molar-refractivity contribution is -0.117.